The molecule has 2 rings (SSSR count). The number of aromatic nitrogens is 1. The quantitative estimate of drug-likeness (QED) is 0.625. The number of amidine groups is 1. The first kappa shape index (κ1) is 14.1. The summed E-state index contributed by atoms with van der Waals surface area (Å²) in [5.41, 5.74) is 5.44. The highest BCUT2D eigenvalue weighted by atomic mass is 16.5. The van der Waals surface area contributed by atoms with Crippen molar-refractivity contribution >= 4 is 22.4 Å². The predicted octanol–water partition coefficient (Wildman–Crippen LogP) is 2.40. The molecule has 0 amide bonds. The van der Waals surface area contributed by atoms with E-state index in [2.05, 4.69) is 16.8 Å². The van der Waals surface area contributed by atoms with E-state index in [-0.39, 0.29) is 5.84 Å². The summed E-state index contributed by atoms with van der Waals surface area (Å²) in [6.45, 7) is 3.60. The molecule has 0 aliphatic carbocycles. The van der Waals surface area contributed by atoms with Crippen LogP contribution in [0.25, 0.3) is 10.8 Å². The Labute approximate surface area is 118 Å². The van der Waals surface area contributed by atoms with Gasteiger partial charge in [0.1, 0.15) is 11.6 Å². The lowest BCUT2D eigenvalue weighted by atomic mass is 10.1. The Morgan fingerprint density at radius 1 is 1.40 bits per heavy atom. The molecule has 0 unspecified atom stereocenters. The SMILES string of the molecule is CCN(CCC(=N)N)c1nccc2cc(OC)ccc12. The van der Waals surface area contributed by atoms with Crippen LogP contribution in [0.3, 0.4) is 0 Å². The van der Waals surface area contributed by atoms with Crippen LogP contribution in [0.15, 0.2) is 30.5 Å². The number of fused-ring (bicyclic) bond motifs is 1. The molecule has 106 valence electrons. The summed E-state index contributed by atoms with van der Waals surface area (Å²) in [4.78, 5) is 6.62. The third kappa shape index (κ3) is 2.99. The van der Waals surface area contributed by atoms with Crippen molar-refractivity contribution in [1.29, 1.82) is 5.41 Å². The van der Waals surface area contributed by atoms with E-state index in [1.807, 2.05) is 24.3 Å². The highest BCUT2D eigenvalue weighted by molar-refractivity contribution is 5.93. The second kappa shape index (κ2) is 6.23. The zero-order valence-electron chi connectivity index (χ0n) is 11.9. The van der Waals surface area contributed by atoms with E-state index in [0.717, 1.165) is 28.9 Å². The number of hydrogen-bond acceptors (Lipinski definition) is 4. The highest BCUT2D eigenvalue weighted by Crippen LogP contribution is 2.27. The molecule has 1 aromatic heterocycles. The normalized spacial score (nSPS) is 10.5. The van der Waals surface area contributed by atoms with Crippen molar-refractivity contribution in [2.45, 2.75) is 13.3 Å². The van der Waals surface area contributed by atoms with Crippen molar-refractivity contribution in [1.82, 2.24) is 4.98 Å². The lowest BCUT2D eigenvalue weighted by Crippen LogP contribution is -2.28. The molecule has 0 saturated heterocycles. The van der Waals surface area contributed by atoms with E-state index in [1.165, 1.54) is 0 Å². The van der Waals surface area contributed by atoms with Gasteiger partial charge >= 0.3 is 0 Å². The van der Waals surface area contributed by atoms with Gasteiger partial charge in [-0.25, -0.2) is 4.98 Å². The van der Waals surface area contributed by atoms with E-state index < -0.39 is 0 Å². The summed E-state index contributed by atoms with van der Waals surface area (Å²) < 4.78 is 5.25. The maximum Gasteiger partial charge on any atom is 0.136 e. The Morgan fingerprint density at radius 2 is 2.20 bits per heavy atom. The highest BCUT2D eigenvalue weighted by Gasteiger charge is 2.10. The molecule has 0 aliphatic rings. The maximum absolute atomic E-state index is 7.36. The molecule has 20 heavy (non-hydrogen) atoms. The minimum atomic E-state index is 0.199. The number of rotatable bonds is 6. The summed E-state index contributed by atoms with van der Waals surface area (Å²) in [7, 11) is 1.66. The number of nitrogens with two attached hydrogens (primary N) is 1. The third-order valence-corrected chi connectivity index (χ3v) is 3.28. The minimum Gasteiger partial charge on any atom is -0.497 e. The van der Waals surface area contributed by atoms with Gasteiger partial charge < -0.3 is 15.4 Å². The molecule has 2 aromatic rings. The first-order valence-electron chi connectivity index (χ1n) is 6.66. The summed E-state index contributed by atoms with van der Waals surface area (Å²) in [5, 5.41) is 9.53. The minimum absolute atomic E-state index is 0.199. The van der Waals surface area contributed by atoms with Crippen LogP contribution >= 0.6 is 0 Å². The molecule has 5 heteroatoms. The zero-order valence-corrected chi connectivity index (χ0v) is 11.9. The van der Waals surface area contributed by atoms with Crippen molar-refractivity contribution in [2.75, 3.05) is 25.1 Å². The van der Waals surface area contributed by atoms with Gasteiger partial charge in [0.25, 0.3) is 0 Å². The van der Waals surface area contributed by atoms with Crippen molar-refractivity contribution in [2.24, 2.45) is 5.73 Å². The molecule has 0 saturated carbocycles. The van der Waals surface area contributed by atoms with E-state index >= 15 is 0 Å². The summed E-state index contributed by atoms with van der Waals surface area (Å²) in [6.07, 6.45) is 2.34. The van der Waals surface area contributed by atoms with Crippen molar-refractivity contribution < 1.29 is 4.74 Å². The molecule has 0 radical (unpaired) electrons. The van der Waals surface area contributed by atoms with Crippen molar-refractivity contribution in [3.8, 4) is 5.75 Å². The number of methoxy groups -OCH3 is 1. The number of nitrogens with one attached hydrogen (secondary N) is 1. The topological polar surface area (TPSA) is 75.2 Å². The standard InChI is InChI=1S/C15H20N4O/c1-3-19(9-7-14(16)17)15-13-5-4-12(20-2)10-11(13)6-8-18-15/h4-6,8,10H,3,7,9H2,1-2H3,(H3,16,17). The molecule has 0 atom stereocenters. The first-order chi connectivity index (χ1) is 9.65. The van der Waals surface area contributed by atoms with Crippen molar-refractivity contribution in [3.05, 3.63) is 30.5 Å². The van der Waals surface area contributed by atoms with Crippen LogP contribution < -0.4 is 15.4 Å². The van der Waals surface area contributed by atoms with Gasteiger partial charge in [0, 0.05) is 31.1 Å². The van der Waals surface area contributed by atoms with E-state index in [0.29, 0.717) is 13.0 Å². The van der Waals surface area contributed by atoms with Gasteiger partial charge in [-0.1, -0.05) is 0 Å². The summed E-state index contributed by atoms with van der Waals surface area (Å²) >= 11 is 0. The largest absolute Gasteiger partial charge is 0.497 e. The maximum atomic E-state index is 7.36. The molecule has 3 N–H and O–H groups in total. The summed E-state index contributed by atoms with van der Waals surface area (Å²) in [6, 6.07) is 7.93. The summed E-state index contributed by atoms with van der Waals surface area (Å²) in [5.74, 6) is 1.96. The Hall–Kier alpha value is -2.30. The fraction of sp³-hybridized carbons (Fsp3) is 0.333. The average Bonchev–Trinajstić information content (AvgIpc) is 2.47. The molecular formula is C15H20N4O. The lowest BCUT2D eigenvalue weighted by Gasteiger charge is -2.23. The van der Waals surface area contributed by atoms with Gasteiger partial charge in [0.05, 0.1) is 12.9 Å². The van der Waals surface area contributed by atoms with E-state index in [1.54, 1.807) is 13.3 Å². The fourth-order valence-corrected chi connectivity index (χ4v) is 2.19. The van der Waals surface area contributed by atoms with E-state index in [4.69, 9.17) is 15.9 Å². The second-order valence-electron chi connectivity index (χ2n) is 4.58. The van der Waals surface area contributed by atoms with Gasteiger partial charge in [-0.15, -0.1) is 0 Å². The molecule has 5 nitrogen and oxygen atoms in total. The molecule has 0 fully saturated rings. The predicted molar refractivity (Wildman–Crippen MR) is 82.7 cm³/mol. The van der Waals surface area contributed by atoms with Crippen LogP contribution in [0.2, 0.25) is 0 Å². The Morgan fingerprint density at radius 3 is 2.85 bits per heavy atom. The van der Waals surface area contributed by atoms with E-state index in [9.17, 15) is 0 Å². The van der Waals surface area contributed by atoms with Gasteiger partial charge in [-0.3, -0.25) is 5.41 Å². The first-order valence-corrected chi connectivity index (χ1v) is 6.66. The Kier molecular flexibility index (Phi) is 4.40. The third-order valence-electron chi connectivity index (χ3n) is 3.28. The molecule has 0 spiro atoms. The molecular weight excluding hydrogens is 252 g/mol. The number of ether oxygens (including phenoxy) is 1. The monoisotopic (exact) mass is 272 g/mol. The van der Waals surface area contributed by atoms with Crippen molar-refractivity contribution in [3.63, 3.8) is 0 Å². The van der Waals surface area contributed by atoms with Gasteiger partial charge in [0.15, 0.2) is 0 Å². The molecule has 0 bridgehead atoms. The number of nitrogens with zero attached hydrogens (tertiary/aromatic N) is 2. The lowest BCUT2D eigenvalue weighted by molar-refractivity contribution is 0.415. The number of pyridine rings is 1. The smallest absolute Gasteiger partial charge is 0.136 e. The van der Waals surface area contributed by atoms with Gasteiger partial charge in [-0.2, -0.15) is 0 Å². The fourth-order valence-electron chi connectivity index (χ4n) is 2.19. The number of benzene rings is 1. The molecule has 0 aliphatic heterocycles. The molecule has 1 heterocycles. The Balaban J connectivity index is 2.39. The molecule has 1 aromatic carbocycles. The Bertz CT molecular complexity index is 612. The number of hydrogen-bond donors (Lipinski definition) is 2. The van der Waals surface area contributed by atoms with Gasteiger partial charge in [-0.05, 0) is 36.6 Å². The zero-order chi connectivity index (χ0) is 14.5. The van der Waals surface area contributed by atoms with Crippen LogP contribution in [-0.2, 0) is 0 Å². The van der Waals surface area contributed by atoms with Crippen LogP contribution in [0.1, 0.15) is 13.3 Å². The van der Waals surface area contributed by atoms with Gasteiger partial charge in [0.2, 0.25) is 0 Å². The number of anilines is 1. The van der Waals surface area contributed by atoms with Crippen LogP contribution in [-0.4, -0.2) is 31.0 Å². The van der Waals surface area contributed by atoms with Crippen LogP contribution in [0, 0.1) is 5.41 Å². The van der Waals surface area contributed by atoms with Crippen LogP contribution in [0.5, 0.6) is 5.75 Å². The second-order valence-corrected chi connectivity index (χ2v) is 4.58. The van der Waals surface area contributed by atoms with Crippen LogP contribution in [0.4, 0.5) is 5.82 Å². The average molecular weight is 272 g/mol.